The van der Waals surface area contributed by atoms with Gasteiger partial charge in [0.05, 0.1) is 10.9 Å². The van der Waals surface area contributed by atoms with E-state index in [1.54, 1.807) is 6.92 Å². The first-order chi connectivity index (χ1) is 16.7. The summed E-state index contributed by atoms with van der Waals surface area (Å²) < 4.78 is 76.1. The van der Waals surface area contributed by atoms with Gasteiger partial charge in [-0.05, 0) is 42.7 Å². The van der Waals surface area contributed by atoms with E-state index in [2.05, 4.69) is 11.4 Å². The van der Waals surface area contributed by atoms with Gasteiger partial charge in [0.2, 0.25) is 10.0 Å². The van der Waals surface area contributed by atoms with Crippen molar-refractivity contribution in [3.8, 4) is 0 Å². The van der Waals surface area contributed by atoms with Crippen LogP contribution in [0.2, 0.25) is 0 Å². The Morgan fingerprint density at radius 2 is 1.89 bits per heavy atom. The number of benzene rings is 2. The minimum absolute atomic E-state index is 0.0935. The standard InChI is InChI=1S/C20H20FN3O4S.C2HF3O2/c1-12(15-4-2-3-5-16(15)13-6-8-23-9-7-13)24-19-17(21)10-14(29(22,26)27)11-18(19)28-20(24)25;3-2(4,5)1(6)7/h2-6,10-12,23H,7-9H2,1H3,(H2,22,26,27);(H,6,7)/t12-;/m1./s1. The number of nitrogens with two attached hydrogens (primary N) is 1. The fourth-order valence-corrected chi connectivity index (χ4v) is 4.31. The number of carboxylic acid groups (broad SMARTS) is 1. The maximum absolute atomic E-state index is 14.8. The van der Waals surface area contributed by atoms with E-state index in [1.807, 2.05) is 24.3 Å². The van der Waals surface area contributed by atoms with Crippen LogP contribution in [-0.2, 0) is 14.8 Å². The molecule has 4 N–H and O–H groups in total. The molecule has 1 aliphatic heterocycles. The molecule has 2 heterocycles. The molecule has 194 valence electrons. The van der Waals surface area contributed by atoms with Crippen molar-refractivity contribution in [3.63, 3.8) is 0 Å². The van der Waals surface area contributed by atoms with Gasteiger partial charge in [0, 0.05) is 12.6 Å². The molecule has 0 saturated heterocycles. The van der Waals surface area contributed by atoms with Crippen molar-refractivity contribution < 1.29 is 40.3 Å². The van der Waals surface area contributed by atoms with Crippen LogP contribution < -0.4 is 16.2 Å². The molecule has 3 aromatic rings. The normalized spacial score (nSPS) is 15.1. The predicted molar refractivity (Wildman–Crippen MR) is 121 cm³/mol. The first-order valence-corrected chi connectivity index (χ1v) is 11.9. The van der Waals surface area contributed by atoms with Gasteiger partial charge in [0.25, 0.3) is 0 Å². The average Bonchev–Trinajstić information content (AvgIpc) is 3.15. The molecule has 0 spiro atoms. The first kappa shape index (κ1) is 27.1. The summed E-state index contributed by atoms with van der Waals surface area (Å²) in [6, 6.07) is 8.99. The highest BCUT2D eigenvalue weighted by Crippen LogP contribution is 2.32. The Balaban J connectivity index is 0.000000454. The molecule has 2 aromatic carbocycles. The van der Waals surface area contributed by atoms with E-state index in [0.717, 1.165) is 48.3 Å². The second-order valence-corrected chi connectivity index (χ2v) is 9.35. The molecule has 4 rings (SSSR count). The maximum Gasteiger partial charge on any atom is 0.490 e. The zero-order chi connectivity index (χ0) is 26.8. The van der Waals surface area contributed by atoms with E-state index in [9.17, 15) is 30.8 Å². The van der Waals surface area contributed by atoms with Gasteiger partial charge in [-0.2, -0.15) is 13.2 Å². The molecule has 0 fully saturated rings. The smallest absolute Gasteiger partial charge is 0.475 e. The van der Waals surface area contributed by atoms with Crippen molar-refractivity contribution in [2.45, 2.75) is 30.5 Å². The Hall–Kier alpha value is -3.49. The van der Waals surface area contributed by atoms with Gasteiger partial charge in [-0.15, -0.1) is 0 Å². The van der Waals surface area contributed by atoms with E-state index in [1.165, 1.54) is 4.57 Å². The van der Waals surface area contributed by atoms with E-state index in [-0.39, 0.29) is 11.1 Å². The largest absolute Gasteiger partial charge is 0.490 e. The van der Waals surface area contributed by atoms with Crippen molar-refractivity contribution in [2.24, 2.45) is 5.14 Å². The fourth-order valence-electron chi connectivity index (χ4n) is 3.77. The molecule has 0 aliphatic carbocycles. The first-order valence-electron chi connectivity index (χ1n) is 10.4. The van der Waals surface area contributed by atoms with E-state index in [0.29, 0.717) is 0 Å². The minimum atomic E-state index is -5.08. The number of sulfonamides is 1. The number of aromatic nitrogens is 1. The van der Waals surface area contributed by atoms with Crippen molar-refractivity contribution >= 4 is 32.7 Å². The SMILES string of the molecule is C[C@H](c1ccccc1C1=CCNCC1)n1c(=O)oc2cc(S(N)(=O)=O)cc(F)c21.O=C(O)C(F)(F)F. The summed E-state index contributed by atoms with van der Waals surface area (Å²) >= 11 is 0. The molecule has 1 aromatic heterocycles. The second-order valence-electron chi connectivity index (χ2n) is 7.78. The van der Waals surface area contributed by atoms with Crippen LogP contribution in [0.5, 0.6) is 0 Å². The summed E-state index contributed by atoms with van der Waals surface area (Å²) in [7, 11) is -4.14. The number of oxazole rings is 1. The maximum atomic E-state index is 14.8. The van der Waals surface area contributed by atoms with E-state index < -0.39 is 44.7 Å². The highest BCUT2D eigenvalue weighted by atomic mass is 32.2. The molecule has 36 heavy (non-hydrogen) atoms. The Bertz CT molecular complexity index is 1490. The quantitative estimate of drug-likeness (QED) is 0.439. The summed E-state index contributed by atoms with van der Waals surface area (Å²) in [4.78, 5) is 21.0. The number of hydrogen-bond acceptors (Lipinski definition) is 6. The third-order valence-corrected chi connectivity index (χ3v) is 6.31. The van der Waals surface area contributed by atoms with Gasteiger partial charge in [0.15, 0.2) is 11.4 Å². The van der Waals surface area contributed by atoms with Gasteiger partial charge in [-0.25, -0.2) is 27.5 Å². The lowest BCUT2D eigenvalue weighted by atomic mass is 9.92. The fraction of sp³-hybridized carbons (Fsp3) is 0.273. The van der Waals surface area contributed by atoms with Crippen LogP contribution >= 0.6 is 0 Å². The zero-order valence-electron chi connectivity index (χ0n) is 18.7. The summed E-state index contributed by atoms with van der Waals surface area (Å²) in [5.74, 6) is -4.41. The molecule has 0 unspecified atom stereocenters. The monoisotopic (exact) mass is 531 g/mol. The molecular formula is C22H21F4N3O6S. The molecular weight excluding hydrogens is 510 g/mol. The molecule has 0 saturated carbocycles. The summed E-state index contributed by atoms with van der Waals surface area (Å²) in [6.45, 7) is 3.40. The molecule has 9 nitrogen and oxygen atoms in total. The molecule has 1 aliphatic rings. The number of halogens is 4. The van der Waals surface area contributed by atoms with Gasteiger partial charge in [-0.3, -0.25) is 4.57 Å². The van der Waals surface area contributed by atoms with Crippen molar-refractivity contribution in [1.29, 1.82) is 0 Å². The minimum Gasteiger partial charge on any atom is -0.475 e. The Kier molecular flexibility index (Phi) is 7.71. The number of nitrogens with zero attached hydrogens (tertiary/aromatic N) is 1. The molecule has 0 radical (unpaired) electrons. The van der Waals surface area contributed by atoms with Crippen LogP contribution in [0.3, 0.4) is 0 Å². The number of nitrogens with one attached hydrogen (secondary N) is 1. The topological polar surface area (TPSA) is 145 Å². The van der Waals surface area contributed by atoms with E-state index in [4.69, 9.17) is 19.5 Å². The van der Waals surface area contributed by atoms with Crippen molar-refractivity contribution in [3.05, 3.63) is 70.0 Å². The lowest BCUT2D eigenvalue weighted by molar-refractivity contribution is -0.192. The number of hydrogen-bond donors (Lipinski definition) is 3. The number of rotatable bonds is 4. The van der Waals surface area contributed by atoms with Crippen LogP contribution in [0.1, 0.15) is 30.5 Å². The number of alkyl halides is 3. The van der Waals surface area contributed by atoms with Crippen LogP contribution in [0.25, 0.3) is 16.7 Å². The van der Waals surface area contributed by atoms with Gasteiger partial charge >= 0.3 is 17.9 Å². The second kappa shape index (κ2) is 10.2. The third kappa shape index (κ3) is 5.83. The van der Waals surface area contributed by atoms with Crippen LogP contribution in [0.4, 0.5) is 17.6 Å². The summed E-state index contributed by atoms with van der Waals surface area (Å²) in [5, 5.41) is 15.5. The molecule has 14 heteroatoms. The van der Waals surface area contributed by atoms with Crippen molar-refractivity contribution in [2.75, 3.05) is 13.1 Å². The molecule has 1 atom stereocenters. The average molecular weight is 531 g/mol. The van der Waals surface area contributed by atoms with E-state index >= 15 is 0 Å². The highest BCUT2D eigenvalue weighted by Gasteiger charge is 2.38. The number of carbonyl (C=O) groups is 1. The highest BCUT2D eigenvalue weighted by molar-refractivity contribution is 7.89. The summed E-state index contributed by atoms with van der Waals surface area (Å²) in [5.41, 5.74) is 2.74. The van der Waals surface area contributed by atoms with Crippen LogP contribution in [0, 0.1) is 5.82 Å². The number of aliphatic carboxylic acids is 1. The Morgan fingerprint density at radius 3 is 2.44 bits per heavy atom. The lowest BCUT2D eigenvalue weighted by Gasteiger charge is -2.21. The Morgan fingerprint density at radius 1 is 1.25 bits per heavy atom. The van der Waals surface area contributed by atoms with Crippen LogP contribution in [0.15, 0.2) is 56.6 Å². The zero-order valence-corrected chi connectivity index (χ0v) is 19.5. The Labute approximate surface area is 201 Å². The number of carboxylic acids is 1. The van der Waals surface area contributed by atoms with Gasteiger partial charge in [-0.1, -0.05) is 30.3 Å². The molecule has 0 bridgehead atoms. The molecule has 0 amide bonds. The lowest BCUT2D eigenvalue weighted by Crippen LogP contribution is -2.23. The van der Waals surface area contributed by atoms with Crippen molar-refractivity contribution in [1.82, 2.24) is 9.88 Å². The number of fused-ring (bicyclic) bond motifs is 1. The van der Waals surface area contributed by atoms with Crippen LogP contribution in [-0.4, -0.2) is 43.3 Å². The van der Waals surface area contributed by atoms with Gasteiger partial charge in [0.1, 0.15) is 5.52 Å². The predicted octanol–water partition coefficient (Wildman–Crippen LogP) is 3.00. The number of primary sulfonamides is 1. The third-order valence-electron chi connectivity index (χ3n) is 5.42. The van der Waals surface area contributed by atoms with Gasteiger partial charge < -0.3 is 14.8 Å². The summed E-state index contributed by atoms with van der Waals surface area (Å²) in [6.07, 6.45) is -2.14.